The first-order valence-corrected chi connectivity index (χ1v) is 7.67. The Bertz CT molecular complexity index is 800. The lowest BCUT2D eigenvalue weighted by molar-refractivity contribution is -0.243. The second kappa shape index (κ2) is 6.65. The van der Waals surface area contributed by atoms with Crippen LogP contribution in [0.2, 0.25) is 0 Å². The maximum Gasteiger partial charge on any atom is 0.431 e. The third-order valence-electron chi connectivity index (χ3n) is 4.34. The lowest BCUT2D eigenvalue weighted by Gasteiger charge is -2.18. The van der Waals surface area contributed by atoms with E-state index in [4.69, 9.17) is 11.6 Å². The van der Waals surface area contributed by atoms with Gasteiger partial charge in [0.25, 0.3) is 0 Å². The summed E-state index contributed by atoms with van der Waals surface area (Å²) in [6.45, 7) is 2.63. The highest BCUT2D eigenvalue weighted by Crippen LogP contribution is 2.61. The van der Waals surface area contributed by atoms with E-state index in [0.717, 1.165) is 0 Å². The average Bonchev–Trinajstić information content (AvgIpc) is 3.04. The summed E-state index contributed by atoms with van der Waals surface area (Å²) in [5, 5.41) is -1.53. The van der Waals surface area contributed by atoms with Crippen molar-refractivity contribution in [3.63, 3.8) is 0 Å². The van der Waals surface area contributed by atoms with E-state index in [1.165, 1.54) is 13.8 Å². The van der Waals surface area contributed by atoms with Crippen LogP contribution in [0.25, 0.3) is 0 Å². The van der Waals surface area contributed by atoms with E-state index in [0.29, 0.717) is 6.08 Å². The molecule has 0 bridgehead atoms. The van der Waals surface area contributed by atoms with Gasteiger partial charge in [0.05, 0.1) is 5.92 Å². The number of alkyl halides is 5. The zero-order valence-corrected chi connectivity index (χ0v) is 14.4. The van der Waals surface area contributed by atoms with E-state index >= 15 is 0 Å². The molecule has 27 heavy (non-hydrogen) atoms. The number of carbonyl (C=O) groups is 1. The molecule has 0 N–H and O–H groups in total. The number of hydrogen-bond donors (Lipinski definition) is 0. The van der Waals surface area contributed by atoms with Gasteiger partial charge < -0.3 is 4.74 Å². The predicted octanol–water partition coefficient (Wildman–Crippen LogP) is 5.65. The fourth-order valence-corrected chi connectivity index (χ4v) is 2.82. The Morgan fingerprint density at radius 1 is 1.11 bits per heavy atom. The van der Waals surface area contributed by atoms with Crippen molar-refractivity contribution in [1.29, 1.82) is 0 Å². The zero-order chi connectivity index (χ0) is 20.9. The Morgan fingerprint density at radius 3 is 2.19 bits per heavy atom. The first-order valence-electron chi connectivity index (χ1n) is 7.30. The molecule has 0 amide bonds. The van der Waals surface area contributed by atoms with Gasteiger partial charge in [0, 0.05) is 0 Å². The molecular weight excluding hydrogens is 412 g/mol. The Morgan fingerprint density at radius 2 is 1.67 bits per heavy atom. The SMILES string of the molecule is CC1(C)C(C=C(Cl)C(F)(F)F)C1C(=O)OC(F)(F)c1ccc(F)c(F)c1F. The van der Waals surface area contributed by atoms with Gasteiger partial charge in [0.2, 0.25) is 0 Å². The van der Waals surface area contributed by atoms with Gasteiger partial charge in [0.15, 0.2) is 17.5 Å². The molecule has 1 aromatic rings. The van der Waals surface area contributed by atoms with Gasteiger partial charge in [-0.1, -0.05) is 31.5 Å². The molecule has 0 heterocycles. The molecule has 1 saturated carbocycles. The van der Waals surface area contributed by atoms with Crippen molar-refractivity contribution in [1.82, 2.24) is 0 Å². The van der Waals surface area contributed by atoms with Gasteiger partial charge in [-0.05, 0) is 23.5 Å². The molecule has 150 valence electrons. The maximum atomic E-state index is 14.0. The Kier molecular flexibility index (Phi) is 5.28. The van der Waals surface area contributed by atoms with Crippen LogP contribution in [0.5, 0.6) is 0 Å². The molecule has 0 aromatic heterocycles. The van der Waals surface area contributed by atoms with Crippen molar-refractivity contribution in [2.75, 3.05) is 0 Å². The first kappa shape index (κ1) is 21.5. The summed E-state index contributed by atoms with van der Waals surface area (Å²) >= 11 is 5.08. The molecule has 2 unspecified atom stereocenters. The minimum absolute atomic E-state index is 0.191. The van der Waals surface area contributed by atoms with Gasteiger partial charge >= 0.3 is 18.3 Å². The summed E-state index contributed by atoms with van der Waals surface area (Å²) in [4.78, 5) is 12.0. The largest absolute Gasteiger partial charge is 0.431 e. The van der Waals surface area contributed by atoms with E-state index in [9.17, 15) is 39.9 Å². The zero-order valence-electron chi connectivity index (χ0n) is 13.6. The molecule has 1 fully saturated rings. The minimum Gasteiger partial charge on any atom is -0.397 e. The highest BCUT2D eigenvalue weighted by atomic mass is 35.5. The second-order valence-corrected chi connectivity index (χ2v) is 6.91. The van der Waals surface area contributed by atoms with Crippen LogP contribution in [0.4, 0.5) is 35.1 Å². The molecule has 1 aromatic carbocycles. The van der Waals surface area contributed by atoms with Gasteiger partial charge in [-0.3, -0.25) is 4.79 Å². The van der Waals surface area contributed by atoms with Crippen molar-refractivity contribution < 1.29 is 44.7 Å². The summed E-state index contributed by atoms with van der Waals surface area (Å²) in [6.07, 6.45) is -9.05. The molecule has 2 atom stereocenters. The molecule has 1 aliphatic rings. The highest BCUT2D eigenvalue weighted by molar-refractivity contribution is 6.30. The standard InChI is InChI=1S/C16H11ClF8O2/c1-14(2)7(5-9(17)15(21,22)23)10(14)13(26)27-16(24,25)6-3-4-8(18)12(20)11(6)19/h3-5,7,10H,1-2H3. The Hall–Kier alpha value is -1.84. The molecule has 0 radical (unpaired) electrons. The normalized spacial score (nSPS) is 22.6. The summed E-state index contributed by atoms with van der Waals surface area (Å²) in [6, 6.07) is 0.405. The fraction of sp³-hybridized carbons (Fsp3) is 0.438. The molecule has 2 nitrogen and oxygen atoms in total. The van der Waals surface area contributed by atoms with Crippen LogP contribution >= 0.6 is 11.6 Å². The number of esters is 1. The minimum atomic E-state index is -4.88. The molecule has 0 spiro atoms. The Labute approximate surface area is 152 Å². The molecule has 11 heteroatoms. The topological polar surface area (TPSA) is 26.3 Å². The summed E-state index contributed by atoms with van der Waals surface area (Å²) in [5.41, 5.74) is -2.92. The van der Waals surface area contributed by atoms with Gasteiger partial charge in [0.1, 0.15) is 10.6 Å². The summed E-state index contributed by atoms with van der Waals surface area (Å²) < 4.78 is 109. The number of allylic oxidation sites excluding steroid dienone is 2. The van der Waals surface area contributed by atoms with E-state index in [1.54, 1.807) is 0 Å². The predicted molar refractivity (Wildman–Crippen MR) is 77.1 cm³/mol. The number of ether oxygens (including phenoxy) is 1. The molecular formula is C16H11ClF8O2. The van der Waals surface area contributed by atoms with Crippen molar-refractivity contribution >= 4 is 17.6 Å². The van der Waals surface area contributed by atoms with E-state index in [-0.39, 0.29) is 12.1 Å². The monoisotopic (exact) mass is 422 g/mol. The first-order chi connectivity index (χ1) is 12.1. The third kappa shape index (κ3) is 4.04. The van der Waals surface area contributed by atoms with Crippen LogP contribution in [0, 0.1) is 34.7 Å². The van der Waals surface area contributed by atoms with E-state index < -0.39 is 63.6 Å². The van der Waals surface area contributed by atoms with Gasteiger partial charge in [-0.2, -0.15) is 22.0 Å². The van der Waals surface area contributed by atoms with E-state index in [2.05, 4.69) is 4.74 Å². The molecule has 2 rings (SSSR count). The number of benzene rings is 1. The summed E-state index contributed by atoms with van der Waals surface area (Å²) in [5.74, 6) is -10.4. The smallest absolute Gasteiger partial charge is 0.397 e. The van der Waals surface area contributed by atoms with Gasteiger partial charge in [-0.25, -0.2) is 13.2 Å². The van der Waals surface area contributed by atoms with Crippen LogP contribution in [0.1, 0.15) is 19.4 Å². The average molecular weight is 423 g/mol. The Balaban J connectivity index is 2.23. The van der Waals surface area contributed by atoms with Crippen LogP contribution in [-0.2, 0) is 15.6 Å². The maximum absolute atomic E-state index is 14.0. The van der Waals surface area contributed by atoms with Crippen LogP contribution in [0.15, 0.2) is 23.2 Å². The lowest BCUT2D eigenvalue weighted by atomic mass is 10.1. The van der Waals surface area contributed by atoms with E-state index in [1.807, 2.05) is 0 Å². The van der Waals surface area contributed by atoms with Gasteiger partial charge in [-0.15, -0.1) is 0 Å². The molecule has 1 aliphatic carbocycles. The van der Waals surface area contributed by atoms with Crippen LogP contribution in [-0.4, -0.2) is 12.1 Å². The van der Waals surface area contributed by atoms with Crippen molar-refractivity contribution in [2.24, 2.45) is 17.3 Å². The highest BCUT2D eigenvalue weighted by Gasteiger charge is 2.63. The third-order valence-corrected chi connectivity index (χ3v) is 4.68. The van der Waals surface area contributed by atoms with Crippen LogP contribution in [0.3, 0.4) is 0 Å². The lowest BCUT2D eigenvalue weighted by Crippen LogP contribution is -2.26. The number of carbonyl (C=O) groups excluding carboxylic acids is 1. The molecule has 0 aliphatic heterocycles. The second-order valence-electron chi connectivity index (χ2n) is 6.50. The van der Waals surface area contributed by atoms with Crippen LogP contribution < -0.4 is 0 Å². The quantitative estimate of drug-likeness (QED) is 0.356. The molecule has 0 saturated heterocycles. The number of halogens is 9. The fourth-order valence-electron chi connectivity index (χ4n) is 2.69. The van der Waals surface area contributed by atoms with Crippen molar-refractivity contribution in [3.05, 3.63) is 46.3 Å². The number of hydrogen-bond acceptors (Lipinski definition) is 2. The number of rotatable bonds is 4. The van der Waals surface area contributed by atoms with Crippen molar-refractivity contribution in [2.45, 2.75) is 26.1 Å². The summed E-state index contributed by atoms with van der Waals surface area (Å²) in [7, 11) is 0. The van der Waals surface area contributed by atoms with Crippen molar-refractivity contribution in [3.8, 4) is 0 Å².